The minimum Gasteiger partial charge on any atom is -0.492 e. The van der Waals surface area contributed by atoms with Crippen molar-refractivity contribution in [3.8, 4) is 5.75 Å². The van der Waals surface area contributed by atoms with Crippen LogP contribution in [-0.2, 0) is 5.41 Å². The van der Waals surface area contributed by atoms with Crippen molar-refractivity contribution in [1.82, 2.24) is 5.32 Å². The highest BCUT2D eigenvalue weighted by molar-refractivity contribution is 9.10. The fourth-order valence-electron chi connectivity index (χ4n) is 2.98. The molecule has 0 unspecified atom stereocenters. The lowest BCUT2D eigenvalue weighted by atomic mass is 9.87. The second kappa shape index (κ2) is 9.31. The molecule has 5 heteroatoms. The molecular formula is C24H27BrN2O2. The molecule has 0 heterocycles. The first kappa shape index (κ1) is 21.2. The van der Waals surface area contributed by atoms with Gasteiger partial charge in [0.1, 0.15) is 5.75 Å². The molecule has 3 rings (SSSR count). The van der Waals surface area contributed by atoms with Gasteiger partial charge in [-0.1, -0.05) is 57.2 Å². The maximum atomic E-state index is 12.1. The molecule has 3 aromatic carbocycles. The fourth-order valence-corrected chi connectivity index (χ4v) is 3.48. The minimum absolute atomic E-state index is 0.101. The summed E-state index contributed by atoms with van der Waals surface area (Å²) in [6.45, 7) is 7.62. The van der Waals surface area contributed by atoms with Crippen molar-refractivity contribution < 1.29 is 9.53 Å². The van der Waals surface area contributed by atoms with E-state index in [9.17, 15) is 4.79 Å². The van der Waals surface area contributed by atoms with Gasteiger partial charge in [-0.2, -0.15) is 0 Å². The molecular weight excluding hydrogens is 428 g/mol. The van der Waals surface area contributed by atoms with Crippen LogP contribution in [0, 0.1) is 0 Å². The van der Waals surface area contributed by atoms with E-state index in [0.717, 1.165) is 33.1 Å². The van der Waals surface area contributed by atoms with Gasteiger partial charge >= 0.3 is 6.03 Å². The third-order valence-electron chi connectivity index (χ3n) is 4.67. The van der Waals surface area contributed by atoms with Crippen LogP contribution < -0.4 is 15.4 Å². The van der Waals surface area contributed by atoms with E-state index in [1.807, 2.05) is 48.5 Å². The molecule has 0 aliphatic heterocycles. The number of hydrogen-bond donors (Lipinski definition) is 2. The van der Waals surface area contributed by atoms with E-state index in [2.05, 4.69) is 59.5 Å². The molecule has 0 aliphatic carbocycles. The molecule has 0 aromatic heterocycles. The first-order valence-corrected chi connectivity index (χ1v) is 10.6. The summed E-state index contributed by atoms with van der Waals surface area (Å²) in [6, 6.07) is 19.9. The van der Waals surface area contributed by atoms with Gasteiger partial charge in [-0.3, -0.25) is 0 Å². The number of anilines is 1. The first-order valence-electron chi connectivity index (χ1n) is 9.79. The van der Waals surface area contributed by atoms with Crippen LogP contribution in [-0.4, -0.2) is 19.2 Å². The summed E-state index contributed by atoms with van der Waals surface area (Å²) >= 11 is 3.58. The Balaban J connectivity index is 1.41. The van der Waals surface area contributed by atoms with Crippen LogP contribution in [0.1, 0.15) is 32.8 Å². The summed E-state index contributed by atoms with van der Waals surface area (Å²) in [5, 5.41) is 7.99. The molecule has 0 aliphatic rings. The minimum atomic E-state index is -0.212. The molecule has 0 radical (unpaired) electrons. The Labute approximate surface area is 180 Å². The van der Waals surface area contributed by atoms with Crippen LogP contribution >= 0.6 is 15.9 Å². The van der Waals surface area contributed by atoms with Gasteiger partial charge in [0.15, 0.2) is 0 Å². The van der Waals surface area contributed by atoms with Crippen LogP contribution in [0.2, 0.25) is 0 Å². The van der Waals surface area contributed by atoms with Crippen molar-refractivity contribution >= 4 is 38.4 Å². The van der Waals surface area contributed by atoms with E-state index in [1.54, 1.807) is 0 Å². The molecule has 0 bridgehead atoms. The summed E-state index contributed by atoms with van der Waals surface area (Å²) in [6.07, 6.45) is 0.721. The molecule has 0 atom stereocenters. The highest BCUT2D eigenvalue weighted by atomic mass is 79.9. The van der Waals surface area contributed by atoms with Crippen molar-refractivity contribution in [3.63, 3.8) is 0 Å². The summed E-state index contributed by atoms with van der Waals surface area (Å²) in [5.74, 6) is 0.818. The number of rotatable bonds is 6. The molecule has 0 saturated heterocycles. The van der Waals surface area contributed by atoms with Gasteiger partial charge in [-0.25, -0.2) is 4.79 Å². The SMILES string of the molecule is CC(C)(C)c1ccc(OCCCNC(=O)Nc2ccc3ccccc3c2)c(Br)c1. The average molecular weight is 455 g/mol. The lowest BCUT2D eigenvalue weighted by molar-refractivity contribution is 0.250. The lowest BCUT2D eigenvalue weighted by Crippen LogP contribution is -2.30. The molecule has 29 heavy (non-hydrogen) atoms. The number of ether oxygens (including phenoxy) is 1. The van der Waals surface area contributed by atoms with Crippen LogP contribution in [0.15, 0.2) is 65.1 Å². The zero-order valence-corrected chi connectivity index (χ0v) is 18.7. The number of amides is 2. The normalized spacial score (nSPS) is 11.3. The van der Waals surface area contributed by atoms with Gasteiger partial charge < -0.3 is 15.4 Å². The molecule has 0 saturated carbocycles. The lowest BCUT2D eigenvalue weighted by Gasteiger charge is -2.20. The smallest absolute Gasteiger partial charge is 0.319 e. The van der Waals surface area contributed by atoms with Crippen molar-refractivity contribution in [2.24, 2.45) is 0 Å². The van der Waals surface area contributed by atoms with Crippen LogP contribution in [0.3, 0.4) is 0 Å². The van der Waals surface area contributed by atoms with Crippen molar-refractivity contribution in [3.05, 3.63) is 70.7 Å². The Bertz CT molecular complexity index is 996. The van der Waals surface area contributed by atoms with E-state index in [4.69, 9.17) is 4.74 Å². The largest absolute Gasteiger partial charge is 0.492 e. The average Bonchev–Trinajstić information content (AvgIpc) is 2.68. The maximum Gasteiger partial charge on any atom is 0.319 e. The summed E-state index contributed by atoms with van der Waals surface area (Å²) in [7, 11) is 0. The Kier molecular flexibility index (Phi) is 6.80. The number of halogens is 1. The zero-order valence-electron chi connectivity index (χ0n) is 17.1. The number of hydrogen-bond acceptors (Lipinski definition) is 2. The van der Waals surface area contributed by atoms with Gasteiger partial charge in [0, 0.05) is 12.2 Å². The van der Waals surface area contributed by atoms with E-state index >= 15 is 0 Å². The van der Waals surface area contributed by atoms with Crippen LogP contribution in [0.25, 0.3) is 10.8 Å². The third kappa shape index (κ3) is 5.97. The maximum absolute atomic E-state index is 12.1. The van der Waals surface area contributed by atoms with E-state index in [-0.39, 0.29) is 11.4 Å². The monoisotopic (exact) mass is 454 g/mol. The second-order valence-electron chi connectivity index (χ2n) is 8.04. The molecule has 4 nitrogen and oxygen atoms in total. The molecule has 2 N–H and O–H groups in total. The van der Waals surface area contributed by atoms with Crippen molar-refractivity contribution in [2.75, 3.05) is 18.5 Å². The number of nitrogens with one attached hydrogen (secondary N) is 2. The van der Waals surface area contributed by atoms with E-state index in [1.165, 1.54) is 5.56 Å². The molecule has 0 fully saturated rings. The Morgan fingerprint density at radius 2 is 1.76 bits per heavy atom. The zero-order chi connectivity index (χ0) is 20.9. The topological polar surface area (TPSA) is 50.4 Å². The van der Waals surface area contributed by atoms with Gasteiger partial charge in [-0.15, -0.1) is 0 Å². The van der Waals surface area contributed by atoms with Gasteiger partial charge in [0.05, 0.1) is 11.1 Å². The van der Waals surface area contributed by atoms with Gasteiger partial charge in [0.2, 0.25) is 0 Å². The fraction of sp³-hybridized carbons (Fsp3) is 0.292. The predicted octanol–water partition coefficient (Wildman–Crippen LogP) is 6.49. The highest BCUT2D eigenvalue weighted by Gasteiger charge is 2.15. The highest BCUT2D eigenvalue weighted by Crippen LogP contribution is 2.31. The Hall–Kier alpha value is -2.53. The Morgan fingerprint density at radius 1 is 1.00 bits per heavy atom. The molecule has 0 spiro atoms. The van der Waals surface area contributed by atoms with Gasteiger partial charge in [0.25, 0.3) is 0 Å². The first-order chi connectivity index (χ1) is 13.8. The van der Waals surface area contributed by atoms with Crippen molar-refractivity contribution in [1.29, 1.82) is 0 Å². The molecule has 152 valence electrons. The molecule has 2 amide bonds. The quantitative estimate of drug-likeness (QED) is 0.418. The molecule has 3 aromatic rings. The van der Waals surface area contributed by atoms with Crippen LogP contribution in [0.4, 0.5) is 10.5 Å². The summed E-state index contributed by atoms with van der Waals surface area (Å²) < 4.78 is 6.79. The number of urea groups is 1. The number of carbonyl (C=O) groups excluding carboxylic acids is 1. The van der Waals surface area contributed by atoms with Crippen molar-refractivity contribution in [2.45, 2.75) is 32.6 Å². The second-order valence-corrected chi connectivity index (χ2v) is 8.89. The van der Waals surface area contributed by atoms with Gasteiger partial charge in [-0.05, 0) is 68.4 Å². The number of benzene rings is 3. The van der Waals surface area contributed by atoms with Crippen LogP contribution in [0.5, 0.6) is 5.75 Å². The Morgan fingerprint density at radius 3 is 2.48 bits per heavy atom. The number of carbonyl (C=O) groups is 1. The summed E-state index contributed by atoms with van der Waals surface area (Å²) in [5.41, 5.74) is 2.13. The number of fused-ring (bicyclic) bond motifs is 1. The summed E-state index contributed by atoms with van der Waals surface area (Å²) in [4.78, 5) is 12.1. The van der Waals surface area contributed by atoms with E-state index < -0.39 is 0 Å². The third-order valence-corrected chi connectivity index (χ3v) is 5.29. The van der Waals surface area contributed by atoms with E-state index in [0.29, 0.717) is 13.2 Å². The standard InChI is InChI=1S/C24H27BrN2O2/c1-24(2,3)19-10-12-22(21(25)16-19)29-14-6-13-26-23(28)27-20-11-9-17-7-4-5-8-18(17)15-20/h4-5,7-12,15-16H,6,13-14H2,1-3H3,(H2,26,27,28). The predicted molar refractivity (Wildman–Crippen MR) is 124 cm³/mol.